The van der Waals surface area contributed by atoms with E-state index >= 15 is 0 Å². The lowest BCUT2D eigenvalue weighted by Gasteiger charge is -2.10. The summed E-state index contributed by atoms with van der Waals surface area (Å²) in [5.41, 5.74) is 8.80. The Morgan fingerprint density at radius 3 is 2.88 bits per heavy atom. The van der Waals surface area contributed by atoms with Crippen molar-refractivity contribution >= 4 is 11.6 Å². The summed E-state index contributed by atoms with van der Waals surface area (Å²) in [5, 5.41) is 7.29. The second kappa shape index (κ2) is 7.32. The fourth-order valence-corrected chi connectivity index (χ4v) is 2.32. The third-order valence-corrected chi connectivity index (χ3v) is 3.48. The first-order valence-electron chi connectivity index (χ1n) is 7.55. The van der Waals surface area contributed by atoms with Crippen LogP contribution < -0.4 is 15.8 Å². The molecular weight excluding hydrogens is 302 g/mol. The van der Waals surface area contributed by atoms with Crippen molar-refractivity contribution < 1.29 is 4.74 Å². The van der Waals surface area contributed by atoms with Crippen molar-refractivity contribution in [2.45, 2.75) is 6.54 Å². The zero-order valence-corrected chi connectivity index (χ0v) is 13.4. The van der Waals surface area contributed by atoms with Crippen LogP contribution in [0.2, 0.25) is 0 Å². The zero-order valence-electron chi connectivity index (χ0n) is 13.4. The summed E-state index contributed by atoms with van der Waals surface area (Å²) in [5.74, 6) is 1.06. The molecule has 0 bridgehead atoms. The molecule has 0 atom stereocenters. The predicted molar refractivity (Wildman–Crippen MR) is 95.5 cm³/mol. The molecule has 0 fully saturated rings. The van der Waals surface area contributed by atoms with Crippen LogP contribution in [0.25, 0.3) is 5.69 Å². The summed E-state index contributed by atoms with van der Waals surface area (Å²) < 4.78 is 7.09. The fourth-order valence-electron chi connectivity index (χ4n) is 2.32. The molecule has 2 aromatic carbocycles. The highest BCUT2D eigenvalue weighted by atomic mass is 16.5. The van der Waals surface area contributed by atoms with Gasteiger partial charge in [0.15, 0.2) is 5.96 Å². The third kappa shape index (κ3) is 3.73. The number of aromatic nitrogens is 2. The number of anilines is 1. The van der Waals surface area contributed by atoms with Crippen LogP contribution in [-0.2, 0) is 6.54 Å². The second-order valence-electron chi connectivity index (χ2n) is 5.15. The van der Waals surface area contributed by atoms with Crippen molar-refractivity contribution in [2.75, 3.05) is 12.4 Å². The van der Waals surface area contributed by atoms with Crippen LogP contribution in [0.3, 0.4) is 0 Å². The monoisotopic (exact) mass is 321 g/mol. The Hall–Kier alpha value is -3.28. The summed E-state index contributed by atoms with van der Waals surface area (Å²) in [6.45, 7) is 0.475. The van der Waals surface area contributed by atoms with E-state index in [0.29, 0.717) is 12.5 Å². The maximum absolute atomic E-state index is 5.98. The average Bonchev–Trinajstić information content (AvgIpc) is 3.15. The number of para-hydroxylation sites is 2. The first-order chi connectivity index (χ1) is 11.8. The molecule has 0 amide bonds. The third-order valence-electron chi connectivity index (χ3n) is 3.48. The van der Waals surface area contributed by atoms with E-state index in [1.54, 1.807) is 13.3 Å². The lowest BCUT2D eigenvalue weighted by Crippen LogP contribution is -2.22. The lowest BCUT2D eigenvalue weighted by molar-refractivity contribution is 0.417. The molecule has 3 N–H and O–H groups in total. The Bertz CT molecular complexity index is 827. The van der Waals surface area contributed by atoms with E-state index < -0.39 is 0 Å². The highest BCUT2D eigenvalue weighted by Gasteiger charge is 2.03. The zero-order chi connectivity index (χ0) is 16.8. The maximum Gasteiger partial charge on any atom is 0.193 e. The number of nitrogens with one attached hydrogen (secondary N) is 1. The average molecular weight is 321 g/mol. The van der Waals surface area contributed by atoms with Crippen LogP contribution in [0.15, 0.2) is 72.0 Å². The van der Waals surface area contributed by atoms with Crippen LogP contribution in [0.5, 0.6) is 5.75 Å². The first kappa shape index (κ1) is 15.6. The summed E-state index contributed by atoms with van der Waals surface area (Å²) >= 11 is 0. The van der Waals surface area contributed by atoms with Gasteiger partial charge in [-0.15, -0.1) is 0 Å². The molecule has 0 aliphatic carbocycles. The molecule has 3 rings (SSSR count). The second-order valence-corrected chi connectivity index (χ2v) is 5.15. The normalized spacial score (nSPS) is 11.3. The Balaban J connectivity index is 1.70. The highest BCUT2D eigenvalue weighted by molar-refractivity contribution is 5.93. The molecule has 0 spiro atoms. The highest BCUT2D eigenvalue weighted by Crippen LogP contribution is 2.22. The van der Waals surface area contributed by atoms with Crippen molar-refractivity contribution in [3.63, 3.8) is 0 Å². The van der Waals surface area contributed by atoms with Crippen molar-refractivity contribution in [3.8, 4) is 11.4 Å². The minimum atomic E-state index is 0.337. The van der Waals surface area contributed by atoms with Gasteiger partial charge >= 0.3 is 0 Å². The molecule has 6 nitrogen and oxygen atoms in total. The SMILES string of the molecule is COc1ccccc1NC(N)=NCc1cccc(-n2cccn2)c1. The summed E-state index contributed by atoms with van der Waals surface area (Å²) in [7, 11) is 1.62. The molecule has 0 aliphatic rings. The van der Waals surface area contributed by atoms with E-state index in [-0.39, 0.29) is 0 Å². The molecule has 0 saturated heterocycles. The van der Waals surface area contributed by atoms with Crippen molar-refractivity contribution in [2.24, 2.45) is 10.7 Å². The van der Waals surface area contributed by atoms with Crippen LogP contribution in [0.1, 0.15) is 5.56 Å². The van der Waals surface area contributed by atoms with E-state index in [0.717, 1.165) is 22.7 Å². The molecule has 0 unspecified atom stereocenters. The molecule has 0 aliphatic heterocycles. The number of nitrogens with zero attached hydrogens (tertiary/aromatic N) is 3. The summed E-state index contributed by atoms with van der Waals surface area (Å²) in [6.07, 6.45) is 3.65. The quantitative estimate of drug-likeness (QED) is 0.559. The van der Waals surface area contributed by atoms with Crippen LogP contribution in [-0.4, -0.2) is 22.8 Å². The Kier molecular flexibility index (Phi) is 4.76. The largest absolute Gasteiger partial charge is 0.495 e. The topological polar surface area (TPSA) is 77.5 Å². The molecule has 6 heteroatoms. The van der Waals surface area contributed by atoms with E-state index in [1.807, 2.05) is 65.5 Å². The van der Waals surface area contributed by atoms with Gasteiger partial charge in [0.05, 0.1) is 25.0 Å². The van der Waals surface area contributed by atoms with Crippen LogP contribution in [0.4, 0.5) is 5.69 Å². The molecule has 0 radical (unpaired) electrons. The first-order valence-corrected chi connectivity index (χ1v) is 7.55. The Labute approximate surface area is 140 Å². The number of methoxy groups -OCH3 is 1. The van der Waals surface area contributed by atoms with E-state index in [9.17, 15) is 0 Å². The van der Waals surface area contributed by atoms with Gasteiger partial charge < -0.3 is 15.8 Å². The number of aliphatic imine (C=N–C) groups is 1. The fraction of sp³-hybridized carbons (Fsp3) is 0.111. The van der Waals surface area contributed by atoms with Crippen LogP contribution >= 0.6 is 0 Å². The molecule has 0 saturated carbocycles. The minimum Gasteiger partial charge on any atom is -0.495 e. The van der Waals surface area contributed by atoms with Gasteiger partial charge in [-0.3, -0.25) is 0 Å². The number of hydrogen-bond acceptors (Lipinski definition) is 3. The number of nitrogens with two attached hydrogens (primary N) is 1. The van der Waals surface area contributed by atoms with Crippen molar-refractivity contribution in [1.82, 2.24) is 9.78 Å². The molecule has 1 heterocycles. The number of ether oxygens (including phenoxy) is 1. The number of benzene rings is 2. The van der Waals surface area contributed by atoms with Gasteiger partial charge in [0, 0.05) is 12.4 Å². The van der Waals surface area contributed by atoms with Crippen molar-refractivity contribution in [3.05, 3.63) is 72.6 Å². The van der Waals surface area contributed by atoms with Gasteiger partial charge in [-0.2, -0.15) is 5.10 Å². The molecule has 24 heavy (non-hydrogen) atoms. The van der Waals surface area contributed by atoms with E-state index in [4.69, 9.17) is 10.5 Å². The van der Waals surface area contributed by atoms with Crippen molar-refractivity contribution in [1.29, 1.82) is 0 Å². The van der Waals surface area contributed by atoms with Gasteiger partial charge in [-0.25, -0.2) is 9.67 Å². The molecular formula is C18H19N5O. The molecule has 1 aromatic heterocycles. The van der Waals surface area contributed by atoms with Gasteiger partial charge in [0.25, 0.3) is 0 Å². The number of rotatable bonds is 5. The van der Waals surface area contributed by atoms with E-state index in [1.165, 1.54) is 0 Å². The van der Waals surface area contributed by atoms with E-state index in [2.05, 4.69) is 15.4 Å². The van der Waals surface area contributed by atoms with Gasteiger partial charge in [0.2, 0.25) is 0 Å². The standard InChI is InChI=1S/C18H19N5O/c1-24-17-9-3-2-8-16(17)22-18(19)20-13-14-6-4-7-15(12-14)23-11-5-10-21-23/h2-12H,13H2,1H3,(H3,19,20,22). The lowest BCUT2D eigenvalue weighted by atomic mass is 10.2. The minimum absolute atomic E-state index is 0.337. The summed E-state index contributed by atoms with van der Waals surface area (Å²) in [4.78, 5) is 4.39. The number of guanidine groups is 1. The number of hydrogen-bond donors (Lipinski definition) is 2. The van der Waals surface area contributed by atoms with Gasteiger partial charge in [-0.1, -0.05) is 24.3 Å². The smallest absolute Gasteiger partial charge is 0.193 e. The summed E-state index contributed by atoms with van der Waals surface area (Å²) in [6, 6.07) is 17.5. The van der Waals surface area contributed by atoms with Crippen LogP contribution in [0, 0.1) is 0 Å². The Morgan fingerprint density at radius 2 is 2.08 bits per heavy atom. The predicted octanol–water partition coefficient (Wildman–Crippen LogP) is 2.81. The van der Waals surface area contributed by atoms with Gasteiger partial charge in [0.1, 0.15) is 5.75 Å². The Morgan fingerprint density at radius 1 is 1.21 bits per heavy atom. The molecule has 122 valence electrons. The van der Waals surface area contributed by atoms with Gasteiger partial charge in [-0.05, 0) is 35.9 Å². The molecule has 3 aromatic rings. The maximum atomic E-state index is 5.98.